The van der Waals surface area contributed by atoms with Gasteiger partial charge in [0.15, 0.2) is 0 Å². The first kappa shape index (κ1) is 12.3. The molecule has 1 heterocycles. The van der Waals surface area contributed by atoms with Gasteiger partial charge in [-0.3, -0.25) is 4.79 Å². The quantitative estimate of drug-likeness (QED) is 0.618. The van der Waals surface area contributed by atoms with Crippen LogP contribution in [0, 0.1) is 0 Å². The predicted molar refractivity (Wildman–Crippen MR) is 61.5 cm³/mol. The summed E-state index contributed by atoms with van der Waals surface area (Å²) in [5.41, 5.74) is 0. The zero-order valence-electron chi connectivity index (χ0n) is 8.15. The van der Waals surface area contributed by atoms with Gasteiger partial charge in [-0.2, -0.15) is 0 Å². The number of unbranched alkanes of at least 4 members (excludes halogenated alkanes) is 1. The Morgan fingerprint density at radius 3 is 2.87 bits per heavy atom. The molecule has 15 heavy (non-hydrogen) atoms. The molecule has 1 N–H and O–H groups in total. The van der Waals surface area contributed by atoms with Crippen molar-refractivity contribution in [2.75, 3.05) is 5.75 Å². The van der Waals surface area contributed by atoms with Crippen molar-refractivity contribution in [3.8, 4) is 0 Å². The summed E-state index contributed by atoms with van der Waals surface area (Å²) in [5.74, 6) is 0.159. The largest absolute Gasteiger partial charge is 0.481 e. The van der Waals surface area contributed by atoms with E-state index in [9.17, 15) is 4.79 Å². The maximum atomic E-state index is 10.2. The Hall–Kier alpha value is -0.740. The fraction of sp³-hybridized carbons (Fsp3) is 0.400. The molecule has 0 radical (unpaired) electrons. The van der Waals surface area contributed by atoms with Gasteiger partial charge in [-0.25, -0.2) is 4.98 Å². The summed E-state index contributed by atoms with van der Waals surface area (Å²) in [5, 5.41) is 9.98. The zero-order valence-corrected chi connectivity index (χ0v) is 9.72. The first-order chi connectivity index (χ1) is 7.18. The smallest absolute Gasteiger partial charge is 0.303 e. The average molecular weight is 246 g/mol. The predicted octanol–water partition coefficient (Wildman–Crippen LogP) is 3.08. The maximum Gasteiger partial charge on any atom is 0.303 e. The molecule has 0 bridgehead atoms. The molecule has 0 unspecified atom stereocenters. The summed E-state index contributed by atoms with van der Waals surface area (Å²) in [6.45, 7) is 0. The molecule has 0 aliphatic rings. The number of hydrogen-bond acceptors (Lipinski definition) is 3. The molecule has 0 amide bonds. The van der Waals surface area contributed by atoms with Crippen molar-refractivity contribution >= 4 is 29.3 Å². The topological polar surface area (TPSA) is 50.2 Å². The van der Waals surface area contributed by atoms with E-state index in [4.69, 9.17) is 16.7 Å². The number of aromatic nitrogens is 1. The molecular weight excluding hydrogens is 234 g/mol. The van der Waals surface area contributed by atoms with Crippen molar-refractivity contribution in [3.63, 3.8) is 0 Å². The second kappa shape index (κ2) is 6.69. The Morgan fingerprint density at radius 1 is 1.47 bits per heavy atom. The Kier molecular flexibility index (Phi) is 5.50. The van der Waals surface area contributed by atoms with Gasteiger partial charge in [0, 0.05) is 12.6 Å². The van der Waals surface area contributed by atoms with E-state index in [1.54, 1.807) is 24.0 Å². The van der Waals surface area contributed by atoms with Crippen molar-refractivity contribution in [1.82, 2.24) is 4.98 Å². The van der Waals surface area contributed by atoms with Crippen molar-refractivity contribution in [2.24, 2.45) is 0 Å². The zero-order chi connectivity index (χ0) is 11.1. The lowest BCUT2D eigenvalue weighted by Gasteiger charge is -1.99. The molecule has 0 saturated heterocycles. The molecule has 0 aliphatic carbocycles. The van der Waals surface area contributed by atoms with Gasteiger partial charge in [-0.05, 0) is 30.7 Å². The van der Waals surface area contributed by atoms with Gasteiger partial charge in [-0.1, -0.05) is 11.6 Å². The number of pyridine rings is 1. The molecule has 0 fully saturated rings. The summed E-state index contributed by atoms with van der Waals surface area (Å²) in [6.07, 6.45) is 3.47. The highest BCUT2D eigenvalue weighted by Gasteiger charge is 1.98. The maximum absolute atomic E-state index is 10.2. The number of hydrogen-bond donors (Lipinski definition) is 1. The third-order valence-electron chi connectivity index (χ3n) is 1.74. The summed E-state index contributed by atoms with van der Waals surface area (Å²) >= 11 is 7.31. The molecule has 1 aromatic rings. The molecule has 1 rings (SSSR count). The summed E-state index contributed by atoms with van der Waals surface area (Å²) in [4.78, 5) is 14.4. The van der Waals surface area contributed by atoms with Crippen LogP contribution in [0.15, 0.2) is 23.4 Å². The Morgan fingerprint density at radius 2 is 2.27 bits per heavy atom. The van der Waals surface area contributed by atoms with E-state index in [0.29, 0.717) is 5.02 Å². The molecule has 82 valence electrons. The van der Waals surface area contributed by atoms with Crippen LogP contribution in [-0.4, -0.2) is 21.8 Å². The van der Waals surface area contributed by atoms with E-state index in [1.807, 2.05) is 6.07 Å². The second-order valence-electron chi connectivity index (χ2n) is 3.01. The second-order valence-corrected chi connectivity index (χ2v) is 4.57. The number of carbonyl (C=O) groups is 1. The minimum Gasteiger partial charge on any atom is -0.481 e. The van der Waals surface area contributed by atoms with Gasteiger partial charge in [0.2, 0.25) is 0 Å². The fourth-order valence-corrected chi connectivity index (χ4v) is 1.96. The van der Waals surface area contributed by atoms with Gasteiger partial charge in [0.25, 0.3) is 0 Å². The van der Waals surface area contributed by atoms with E-state index < -0.39 is 5.97 Å². The minimum atomic E-state index is -0.732. The van der Waals surface area contributed by atoms with Crippen LogP contribution in [0.25, 0.3) is 0 Å². The molecule has 0 aromatic carbocycles. The summed E-state index contributed by atoms with van der Waals surface area (Å²) in [7, 11) is 0. The number of halogens is 1. The Balaban J connectivity index is 2.15. The van der Waals surface area contributed by atoms with Crippen LogP contribution < -0.4 is 0 Å². The monoisotopic (exact) mass is 245 g/mol. The van der Waals surface area contributed by atoms with Crippen LogP contribution in [0.1, 0.15) is 19.3 Å². The van der Waals surface area contributed by atoms with Gasteiger partial charge >= 0.3 is 5.97 Å². The third kappa shape index (κ3) is 5.64. The average Bonchev–Trinajstić information content (AvgIpc) is 2.20. The van der Waals surface area contributed by atoms with Gasteiger partial charge in [0.1, 0.15) is 0 Å². The highest BCUT2D eigenvalue weighted by molar-refractivity contribution is 7.99. The molecule has 0 spiro atoms. The highest BCUT2D eigenvalue weighted by atomic mass is 35.5. The molecular formula is C10H12ClNO2S. The van der Waals surface area contributed by atoms with Crippen molar-refractivity contribution < 1.29 is 9.90 Å². The van der Waals surface area contributed by atoms with Crippen molar-refractivity contribution in [1.29, 1.82) is 0 Å². The SMILES string of the molecule is O=C(O)CCCCSc1ccc(Cl)cn1. The van der Waals surface area contributed by atoms with Crippen molar-refractivity contribution in [2.45, 2.75) is 24.3 Å². The number of aliphatic carboxylic acids is 1. The first-order valence-corrected chi connectivity index (χ1v) is 6.01. The molecule has 1 aromatic heterocycles. The van der Waals surface area contributed by atoms with Crippen LogP contribution in [-0.2, 0) is 4.79 Å². The number of rotatable bonds is 6. The standard InChI is InChI=1S/C10H12ClNO2S/c11-8-4-5-9(12-7-8)15-6-2-1-3-10(13)14/h4-5,7H,1-3,6H2,(H,13,14). The van der Waals surface area contributed by atoms with Crippen LogP contribution in [0.2, 0.25) is 5.02 Å². The first-order valence-electron chi connectivity index (χ1n) is 4.64. The Labute approximate surface area is 97.9 Å². The van der Waals surface area contributed by atoms with Gasteiger partial charge in [-0.15, -0.1) is 11.8 Å². The third-order valence-corrected chi connectivity index (χ3v) is 2.99. The van der Waals surface area contributed by atoms with E-state index in [1.165, 1.54) is 0 Å². The van der Waals surface area contributed by atoms with E-state index >= 15 is 0 Å². The van der Waals surface area contributed by atoms with Gasteiger partial charge < -0.3 is 5.11 Å². The highest BCUT2D eigenvalue weighted by Crippen LogP contribution is 2.18. The lowest BCUT2D eigenvalue weighted by Crippen LogP contribution is -1.94. The normalized spacial score (nSPS) is 10.2. The molecule has 0 saturated carbocycles. The fourth-order valence-electron chi connectivity index (χ4n) is 1.00. The van der Waals surface area contributed by atoms with E-state index in [0.717, 1.165) is 23.6 Å². The van der Waals surface area contributed by atoms with E-state index in [2.05, 4.69) is 4.98 Å². The van der Waals surface area contributed by atoms with Gasteiger partial charge in [0.05, 0.1) is 10.0 Å². The van der Waals surface area contributed by atoms with Crippen LogP contribution >= 0.6 is 23.4 Å². The number of carboxylic acids is 1. The molecule has 3 nitrogen and oxygen atoms in total. The molecule has 0 atom stereocenters. The van der Waals surface area contributed by atoms with Crippen LogP contribution in [0.3, 0.4) is 0 Å². The number of thioether (sulfide) groups is 1. The molecule has 0 aliphatic heterocycles. The number of carboxylic acid groups (broad SMARTS) is 1. The lowest BCUT2D eigenvalue weighted by molar-refractivity contribution is -0.137. The Bertz CT molecular complexity index is 316. The van der Waals surface area contributed by atoms with Crippen LogP contribution in [0.4, 0.5) is 0 Å². The lowest BCUT2D eigenvalue weighted by atomic mass is 10.3. The van der Waals surface area contributed by atoms with Crippen molar-refractivity contribution in [3.05, 3.63) is 23.4 Å². The van der Waals surface area contributed by atoms with E-state index in [-0.39, 0.29) is 6.42 Å². The minimum absolute atomic E-state index is 0.245. The summed E-state index contributed by atoms with van der Waals surface area (Å²) in [6, 6.07) is 3.67. The number of nitrogens with zero attached hydrogens (tertiary/aromatic N) is 1. The van der Waals surface area contributed by atoms with Crippen LogP contribution in [0.5, 0.6) is 0 Å². The summed E-state index contributed by atoms with van der Waals surface area (Å²) < 4.78 is 0. The molecule has 5 heteroatoms.